The van der Waals surface area contributed by atoms with Crippen molar-refractivity contribution in [2.75, 3.05) is 36.8 Å². The fraction of sp³-hybridized carbons (Fsp3) is 0.385. The molecule has 0 aliphatic carbocycles. The number of aromatic nitrogens is 2. The number of nitrogens with two attached hydrogens (primary N) is 1. The molecular weight excluding hydrogens is 294 g/mol. The van der Waals surface area contributed by atoms with E-state index in [0.29, 0.717) is 5.13 Å². The lowest BCUT2D eigenvalue weighted by Crippen LogP contribution is -2.45. The lowest BCUT2D eigenvalue weighted by atomic mass is 10.2. The summed E-state index contributed by atoms with van der Waals surface area (Å²) in [6, 6.07) is 8.02. The van der Waals surface area contributed by atoms with Gasteiger partial charge in [0.15, 0.2) is 0 Å². The summed E-state index contributed by atoms with van der Waals surface area (Å²) in [5.41, 5.74) is 6.79. The van der Waals surface area contributed by atoms with Crippen molar-refractivity contribution in [3.8, 4) is 0 Å². The van der Waals surface area contributed by atoms with Gasteiger partial charge in [0, 0.05) is 36.9 Å². The first kappa shape index (κ1) is 13.6. The average molecular weight is 310 g/mol. The van der Waals surface area contributed by atoms with Crippen molar-refractivity contribution in [1.82, 2.24) is 15.1 Å². The molecule has 0 atom stereocenters. The molecule has 7 heteroatoms. The molecule has 1 aromatic heterocycles. The van der Waals surface area contributed by atoms with Crippen LogP contribution in [0.15, 0.2) is 24.3 Å². The van der Waals surface area contributed by atoms with Crippen LogP contribution in [0, 0.1) is 0 Å². The highest BCUT2D eigenvalue weighted by Crippen LogP contribution is 2.21. The SMILES string of the molecule is Nc1nnc(CN2CCN(c3cccc(Cl)c3)CC2)s1. The van der Waals surface area contributed by atoms with Gasteiger partial charge in [-0.05, 0) is 18.2 Å². The van der Waals surface area contributed by atoms with E-state index in [2.05, 4.69) is 26.1 Å². The van der Waals surface area contributed by atoms with Gasteiger partial charge in [-0.15, -0.1) is 10.2 Å². The molecule has 2 N–H and O–H groups in total. The molecule has 0 amide bonds. The Bertz CT molecular complexity index is 580. The number of hydrogen-bond donors (Lipinski definition) is 1. The second-order valence-corrected chi connectivity index (χ2v) is 6.31. The topological polar surface area (TPSA) is 58.3 Å². The number of hydrogen-bond acceptors (Lipinski definition) is 6. The van der Waals surface area contributed by atoms with Crippen LogP contribution in [0.5, 0.6) is 0 Å². The first-order valence-corrected chi connectivity index (χ1v) is 7.71. The van der Waals surface area contributed by atoms with E-state index in [-0.39, 0.29) is 0 Å². The maximum absolute atomic E-state index is 6.04. The molecule has 0 saturated carbocycles. The number of halogens is 1. The summed E-state index contributed by atoms with van der Waals surface area (Å²) in [6.45, 7) is 4.83. The zero-order valence-corrected chi connectivity index (χ0v) is 12.6. The summed E-state index contributed by atoms with van der Waals surface area (Å²) in [7, 11) is 0. The van der Waals surface area contributed by atoms with Crippen LogP contribution in [0.25, 0.3) is 0 Å². The van der Waals surface area contributed by atoms with Crippen molar-refractivity contribution in [2.45, 2.75) is 6.54 Å². The molecule has 1 fully saturated rings. The number of anilines is 2. The van der Waals surface area contributed by atoms with Gasteiger partial charge in [0.1, 0.15) is 5.01 Å². The molecule has 0 bridgehead atoms. The minimum atomic E-state index is 0.539. The second-order valence-electron chi connectivity index (χ2n) is 4.78. The van der Waals surface area contributed by atoms with Gasteiger partial charge in [-0.3, -0.25) is 4.90 Å². The minimum absolute atomic E-state index is 0.539. The first-order valence-electron chi connectivity index (χ1n) is 6.51. The summed E-state index contributed by atoms with van der Waals surface area (Å²) in [6.07, 6.45) is 0. The molecule has 20 heavy (non-hydrogen) atoms. The zero-order chi connectivity index (χ0) is 13.9. The van der Waals surface area contributed by atoms with Gasteiger partial charge >= 0.3 is 0 Å². The molecule has 3 rings (SSSR count). The normalized spacial score (nSPS) is 16.6. The molecule has 106 valence electrons. The van der Waals surface area contributed by atoms with Gasteiger partial charge in [0.25, 0.3) is 0 Å². The Morgan fingerprint density at radius 1 is 1.20 bits per heavy atom. The Kier molecular flexibility index (Phi) is 4.05. The molecule has 0 unspecified atom stereocenters. The highest BCUT2D eigenvalue weighted by atomic mass is 35.5. The first-order chi connectivity index (χ1) is 9.70. The fourth-order valence-electron chi connectivity index (χ4n) is 2.36. The molecule has 1 aliphatic rings. The Morgan fingerprint density at radius 3 is 2.65 bits per heavy atom. The van der Waals surface area contributed by atoms with E-state index < -0.39 is 0 Å². The van der Waals surface area contributed by atoms with Crippen LogP contribution >= 0.6 is 22.9 Å². The molecule has 1 aliphatic heterocycles. The summed E-state index contributed by atoms with van der Waals surface area (Å²) < 4.78 is 0. The van der Waals surface area contributed by atoms with Gasteiger partial charge in [-0.1, -0.05) is 29.0 Å². The van der Waals surface area contributed by atoms with Gasteiger partial charge in [-0.25, -0.2) is 0 Å². The third-order valence-corrected chi connectivity index (χ3v) is 4.36. The van der Waals surface area contributed by atoms with Crippen LogP contribution in [0.3, 0.4) is 0 Å². The van der Waals surface area contributed by atoms with Gasteiger partial charge in [0.2, 0.25) is 5.13 Å². The molecular formula is C13H16ClN5S. The highest BCUT2D eigenvalue weighted by Gasteiger charge is 2.18. The number of benzene rings is 1. The minimum Gasteiger partial charge on any atom is -0.374 e. The van der Waals surface area contributed by atoms with Gasteiger partial charge in [0.05, 0.1) is 6.54 Å². The van der Waals surface area contributed by atoms with Gasteiger partial charge < -0.3 is 10.6 Å². The van der Waals surface area contributed by atoms with Crippen LogP contribution < -0.4 is 10.6 Å². The number of nitrogen functional groups attached to an aromatic ring is 1. The van der Waals surface area contributed by atoms with Crippen molar-refractivity contribution in [2.24, 2.45) is 0 Å². The highest BCUT2D eigenvalue weighted by molar-refractivity contribution is 7.15. The van der Waals surface area contributed by atoms with E-state index in [1.807, 2.05) is 18.2 Å². The van der Waals surface area contributed by atoms with Crippen LogP contribution in [-0.4, -0.2) is 41.3 Å². The second kappa shape index (κ2) is 5.95. The van der Waals surface area contributed by atoms with Crippen LogP contribution in [0.4, 0.5) is 10.8 Å². The monoisotopic (exact) mass is 309 g/mol. The molecule has 2 heterocycles. The maximum Gasteiger partial charge on any atom is 0.203 e. The van der Waals surface area contributed by atoms with Crippen molar-refractivity contribution >= 4 is 33.8 Å². The van der Waals surface area contributed by atoms with Crippen molar-refractivity contribution in [3.63, 3.8) is 0 Å². The predicted molar refractivity (Wildman–Crippen MR) is 83.3 cm³/mol. The zero-order valence-electron chi connectivity index (χ0n) is 11.0. The average Bonchev–Trinajstić information content (AvgIpc) is 2.85. The quantitative estimate of drug-likeness (QED) is 0.941. The molecule has 2 aromatic rings. The number of rotatable bonds is 3. The number of piperazine rings is 1. The summed E-state index contributed by atoms with van der Waals surface area (Å²) >= 11 is 7.50. The predicted octanol–water partition coefficient (Wildman–Crippen LogP) is 2.10. The van der Waals surface area contributed by atoms with Crippen LogP contribution in [0.1, 0.15) is 5.01 Å². The van der Waals surface area contributed by atoms with Crippen LogP contribution in [-0.2, 0) is 6.54 Å². The molecule has 0 spiro atoms. The smallest absolute Gasteiger partial charge is 0.203 e. The molecule has 5 nitrogen and oxygen atoms in total. The van der Waals surface area contributed by atoms with E-state index in [4.69, 9.17) is 17.3 Å². The Morgan fingerprint density at radius 2 is 2.00 bits per heavy atom. The number of nitrogens with zero attached hydrogens (tertiary/aromatic N) is 4. The lowest BCUT2D eigenvalue weighted by Gasteiger charge is -2.35. The van der Waals surface area contributed by atoms with Crippen LogP contribution in [0.2, 0.25) is 5.02 Å². The van der Waals surface area contributed by atoms with Crippen molar-refractivity contribution < 1.29 is 0 Å². The Labute approximate surface area is 127 Å². The third kappa shape index (κ3) is 3.20. The van der Waals surface area contributed by atoms with E-state index >= 15 is 0 Å². The van der Waals surface area contributed by atoms with Crippen molar-refractivity contribution in [3.05, 3.63) is 34.3 Å². The van der Waals surface area contributed by atoms with E-state index in [1.165, 1.54) is 17.0 Å². The molecule has 1 aromatic carbocycles. The summed E-state index contributed by atoms with van der Waals surface area (Å²) in [5.74, 6) is 0. The largest absolute Gasteiger partial charge is 0.374 e. The fourth-order valence-corrected chi connectivity index (χ4v) is 3.20. The third-order valence-electron chi connectivity index (χ3n) is 3.39. The Hall–Kier alpha value is -1.37. The van der Waals surface area contributed by atoms with E-state index in [0.717, 1.165) is 42.8 Å². The molecule has 0 radical (unpaired) electrons. The summed E-state index contributed by atoms with van der Waals surface area (Å²) in [4.78, 5) is 4.73. The Balaban J connectivity index is 1.57. The standard InChI is InChI=1S/C13H16ClN5S/c14-10-2-1-3-11(8-10)19-6-4-18(5-7-19)9-12-16-17-13(15)20-12/h1-3,8H,4-7,9H2,(H2,15,17). The van der Waals surface area contributed by atoms with E-state index in [1.54, 1.807) is 0 Å². The lowest BCUT2D eigenvalue weighted by molar-refractivity contribution is 0.249. The molecule has 1 saturated heterocycles. The van der Waals surface area contributed by atoms with Crippen molar-refractivity contribution in [1.29, 1.82) is 0 Å². The van der Waals surface area contributed by atoms with Gasteiger partial charge in [-0.2, -0.15) is 0 Å². The van der Waals surface area contributed by atoms with E-state index in [9.17, 15) is 0 Å². The summed E-state index contributed by atoms with van der Waals surface area (Å²) in [5, 5.41) is 10.2. The maximum atomic E-state index is 6.04.